The molecular formula is C16H19F3N6OS. The van der Waals surface area contributed by atoms with Gasteiger partial charge in [0.15, 0.2) is 5.82 Å². The number of aliphatic imine (C=N–C) groups is 1. The highest BCUT2D eigenvalue weighted by Gasteiger charge is 2.34. The molecule has 1 amide bonds. The van der Waals surface area contributed by atoms with Crippen LogP contribution in [0.4, 0.5) is 24.7 Å². The summed E-state index contributed by atoms with van der Waals surface area (Å²) in [5, 5.41) is 7.97. The third kappa shape index (κ3) is 6.00. The lowest BCUT2D eigenvalue weighted by Crippen LogP contribution is -2.21. The number of nitrogens with zero attached hydrogens (tertiary/aromatic N) is 2. The minimum Gasteiger partial charge on any atom is -0.401 e. The van der Waals surface area contributed by atoms with Crippen LogP contribution in [0.2, 0.25) is 0 Å². The van der Waals surface area contributed by atoms with Crippen molar-refractivity contribution in [1.82, 2.24) is 4.98 Å². The summed E-state index contributed by atoms with van der Waals surface area (Å²) in [6.45, 7) is 1.55. The minimum atomic E-state index is -4.61. The van der Waals surface area contributed by atoms with Crippen molar-refractivity contribution >= 4 is 35.1 Å². The maximum atomic E-state index is 12.6. The third-order valence-corrected chi connectivity index (χ3v) is 4.30. The molecule has 1 saturated carbocycles. The number of halogens is 3. The fraction of sp³-hybridized carbons (Fsp3) is 0.312. The SMILES string of the molecule is C/C(N)=C(/SN)C(=O)Nc1ccc(N=C(C=C(N)C(F)(F)F)C2CC2)nc1. The van der Waals surface area contributed by atoms with Crippen LogP contribution in [-0.2, 0) is 4.79 Å². The molecule has 7 N–H and O–H groups in total. The molecule has 7 nitrogen and oxygen atoms in total. The van der Waals surface area contributed by atoms with E-state index in [4.69, 9.17) is 16.6 Å². The Kier molecular flexibility index (Phi) is 6.50. The highest BCUT2D eigenvalue weighted by Crippen LogP contribution is 2.34. The highest BCUT2D eigenvalue weighted by atomic mass is 32.2. The number of aromatic nitrogens is 1. The number of hydrogen-bond acceptors (Lipinski definition) is 7. The van der Waals surface area contributed by atoms with Crippen molar-refractivity contribution in [3.63, 3.8) is 0 Å². The number of rotatable bonds is 6. The number of alkyl halides is 3. The monoisotopic (exact) mass is 400 g/mol. The topological polar surface area (TPSA) is 132 Å². The zero-order valence-electron chi connectivity index (χ0n) is 14.4. The van der Waals surface area contributed by atoms with E-state index in [0.717, 1.165) is 30.9 Å². The van der Waals surface area contributed by atoms with Gasteiger partial charge in [0.1, 0.15) is 10.6 Å². The first-order valence-corrected chi connectivity index (χ1v) is 8.73. The number of amides is 1. The van der Waals surface area contributed by atoms with Crippen molar-refractivity contribution in [1.29, 1.82) is 0 Å². The molecule has 0 radical (unpaired) electrons. The number of anilines is 1. The summed E-state index contributed by atoms with van der Waals surface area (Å²) in [4.78, 5) is 20.4. The lowest BCUT2D eigenvalue weighted by molar-refractivity contribution is -0.112. The fourth-order valence-corrected chi connectivity index (χ4v) is 2.38. The van der Waals surface area contributed by atoms with Gasteiger partial charge in [0.2, 0.25) is 0 Å². The Labute approximate surface area is 158 Å². The molecule has 0 atom stereocenters. The molecule has 27 heavy (non-hydrogen) atoms. The van der Waals surface area contributed by atoms with E-state index in [0.29, 0.717) is 5.69 Å². The van der Waals surface area contributed by atoms with Crippen LogP contribution >= 0.6 is 11.9 Å². The predicted octanol–water partition coefficient (Wildman–Crippen LogP) is 2.70. The number of nitrogens with one attached hydrogen (secondary N) is 1. The van der Waals surface area contributed by atoms with Crippen molar-refractivity contribution in [3.8, 4) is 0 Å². The van der Waals surface area contributed by atoms with E-state index in [2.05, 4.69) is 15.3 Å². The van der Waals surface area contributed by atoms with E-state index >= 15 is 0 Å². The Morgan fingerprint density at radius 1 is 1.37 bits per heavy atom. The predicted molar refractivity (Wildman–Crippen MR) is 99.7 cm³/mol. The molecular weight excluding hydrogens is 381 g/mol. The number of carbonyl (C=O) groups excluding carboxylic acids is 1. The van der Waals surface area contributed by atoms with Gasteiger partial charge in [-0.3, -0.25) is 9.93 Å². The minimum absolute atomic E-state index is 0.0612. The van der Waals surface area contributed by atoms with Crippen molar-refractivity contribution in [2.24, 2.45) is 27.5 Å². The molecule has 0 spiro atoms. The van der Waals surface area contributed by atoms with Crippen LogP contribution in [0.3, 0.4) is 0 Å². The summed E-state index contributed by atoms with van der Waals surface area (Å²) >= 11 is 0.725. The van der Waals surface area contributed by atoms with Crippen LogP contribution < -0.4 is 21.9 Å². The molecule has 0 saturated heterocycles. The largest absolute Gasteiger partial charge is 0.430 e. The van der Waals surface area contributed by atoms with Gasteiger partial charge in [-0.1, -0.05) is 0 Å². The molecule has 1 heterocycles. The number of pyridine rings is 1. The van der Waals surface area contributed by atoms with Crippen molar-refractivity contribution in [3.05, 3.63) is 40.7 Å². The molecule has 1 aromatic rings. The normalized spacial score (nSPS) is 16.8. The van der Waals surface area contributed by atoms with Gasteiger partial charge in [-0.15, -0.1) is 0 Å². The summed E-state index contributed by atoms with van der Waals surface area (Å²) in [6, 6.07) is 3.00. The van der Waals surface area contributed by atoms with Gasteiger partial charge in [-0.25, -0.2) is 9.98 Å². The summed E-state index contributed by atoms with van der Waals surface area (Å²) < 4.78 is 37.9. The molecule has 146 valence electrons. The average Bonchev–Trinajstić information content (AvgIpc) is 3.40. The van der Waals surface area contributed by atoms with Crippen LogP contribution in [0.5, 0.6) is 0 Å². The second kappa shape index (κ2) is 8.44. The van der Waals surface area contributed by atoms with E-state index in [1.807, 2.05) is 0 Å². The van der Waals surface area contributed by atoms with Crippen molar-refractivity contribution in [2.45, 2.75) is 25.9 Å². The van der Waals surface area contributed by atoms with E-state index in [9.17, 15) is 18.0 Å². The van der Waals surface area contributed by atoms with Crippen molar-refractivity contribution in [2.75, 3.05) is 5.32 Å². The number of nitrogens with two attached hydrogens (primary N) is 3. The Bertz CT molecular complexity index is 793. The lowest BCUT2D eigenvalue weighted by atomic mass is 10.2. The fourth-order valence-electron chi connectivity index (χ4n) is 2.03. The molecule has 0 aromatic carbocycles. The van der Waals surface area contributed by atoms with Crippen molar-refractivity contribution < 1.29 is 18.0 Å². The Hall–Kier alpha value is -2.53. The van der Waals surface area contributed by atoms with Crippen LogP contribution in [-0.4, -0.2) is 22.8 Å². The molecule has 1 aromatic heterocycles. The first-order chi connectivity index (χ1) is 12.6. The summed E-state index contributed by atoms with van der Waals surface area (Å²) in [5.41, 5.74) is 10.3. The molecule has 2 rings (SSSR count). The van der Waals surface area contributed by atoms with Crippen LogP contribution in [0.15, 0.2) is 45.7 Å². The molecule has 0 unspecified atom stereocenters. The second-order valence-corrected chi connectivity index (χ2v) is 6.54. The molecule has 1 aliphatic carbocycles. The second-order valence-electron chi connectivity index (χ2n) is 5.90. The smallest absolute Gasteiger partial charge is 0.401 e. The Balaban J connectivity index is 2.17. The first-order valence-electron chi connectivity index (χ1n) is 7.85. The lowest BCUT2D eigenvalue weighted by Gasteiger charge is -2.08. The van der Waals surface area contributed by atoms with Gasteiger partial charge in [0, 0.05) is 17.3 Å². The van der Waals surface area contributed by atoms with Gasteiger partial charge in [-0.05, 0) is 49.9 Å². The number of hydrogen-bond donors (Lipinski definition) is 4. The summed E-state index contributed by atoms with van der Waals surface area (Å²) in [6.07, 6.45) is -0.931. The van der Waals surface area contributed by atoms with E-state index < -0.39 is 17.8 Å². The van der Waals surface area contributed by atoms with E-state index in [1.165, 1.54) is 18.3 Å². The zero-order chi connectivity index (χ0) is 20.2. The standard InChI is InChI=1S/C16H19F3N6OS/c1-8(20)14(27-22)15(26)24-10-4-5-13(23-7-10)25-11(9-2-3-9)6-12(21)16(17,18)19/h4-7,9H,2-3,20-22H2,1H3,(H,24,26)/b12-6?,14-8-,25-11?. The molecule has 0 aliphatic heterocycles. The van der Waals surface area contributed by atoms with Gasteiger partial charge < -0.3 is 16.8 Å². The van der Waals surface area contributed by atoms with Gasteiger partial charge >= 0.3 is 6.18 Å². The Morgan fingerprint density at radius 2 is 2.04 bits per heavy atom. The van der Waals surface area contributed by atoms with Crippen LogP contribution in [0, 0.1) is 5.92 Å². The molecule has 1 aliphatic rings. The van der Waals surface area contributed by atoms with Gasteiger partial charge in [-0.2, -0.15) is 13.2 Å². The molecule has 0 bridgehead atoms. The summed E-state index contributed by atoms with van der Waals surface area (Å²) in [7, 11) is 0. The number of allylic oxidation sites excluding steroid dienone is 3. The average molecular weight is 400 g/mol. The summed E-state index contributed by atoms with van der Waals surface area (Å²) in [5.74, 6) is -0.339. The van der Waals surface area contributed by atoms with Crippen LogP contribution in [0.25, 0.3) is 0 Å². The maximum absolute atomic E-state index is 12.6. The Morgan fingerprint density at radius 3 is 2.48 bits per heavy atom. The number of carbonyl (C=O) groups is 1. The van der Waals surface area contributed by atoms with E-state index in [-0.39, 0.29) is 28.0 Å². The third-order valence-electron chi connectivity index (χ3n) is 3.56. The maximum Gasteiger partial charge on any atom is 0.430 e. The molecule has 1 fully saturated rings. The van der Waals surface area contributed by atoms with E-state index in [1.54, 1.807) is 6.92 Å². The van der Waals surface area contributed by atoms with Gasteiger partial charge in [0.25, 0.3) is 5.91 Å². The first kappa shape index (κ1) is 20.8. The highest BCUT2D eigenvalue weighted by molar-refractivity contribution is 8.01. The quantitative estimate of drug-likeness (QED) is 0.330. The van der Waals surface area contributed by atoms with Gasteiger partial charge in [0.05, 0.1) is 11.9 Å². The zero-order valence-corrected chi connectivity index (χ0v) is 15.2. The van der Waals surface area contributed by atoms with Crippen LogP contribution in [0.1, 0.15) is 19.8 Å². The molecule has 11 heteroatoms.